The van der Waals surface area contributed by atoms with Gasteiger partial charge in [0, 0.05) is 5.56 Å². The second-order valence-electron chi connectivity index (χ2n) is 5.24. The lowest BCUT2D eigenvalue weighted by molar-refractivity contribution is -0.146. The molecule has 2 rings (SSSR count). The van der Waals surface area contributed by atoms with Crippen LogP contribution in [-0.2, 0) is 29.2 Å². The van der Waals surface area contributed by atoms with Gasteiger partial charge in [0.2, 0.25) is 0 Å². The number of carbonyl (C=O) groups is 1. The van der Waals surface area contributed by atoms with Crippen LogP contribution < -0.4 is 4.74 Å². The Morgan fingerprint density at radius 1 is 1.44 bits per heavy atom. The van der Waals surface area contributed by atoms with Gasteiger partial charge in [-0.2, -0.15) is 0 Å². The Morgan fingerprint density at radius 2 is 2.17 bits per heavy atom. The number of hydrogen-bond acceptors (Lipinski definition) is 3. The van der Waals surface area contributed by atoms with Crippen LogP contribution in [0.25, 0.3) is 0 Å². The van der Waals surface area contributed by atoms with E-state index in [0.29, 0.717) is 19.6 Å². The van der Waals surface area contributed by atoms with Crippen molar-refractivity contribution in [2.45, 2.75) is 33.5 Å². The lowest BCUT2D eigenvalue weighted by atomic mass is 9.83. The summed E-state index contributed by atoms with van der Waals surface area (Å²) < 4.78 is 10.8. The van der Waals surface area contributed by atoms with Crippen LogP contribution in [0.3, 0.4) is 0 Å². The maximum Gasteiger partial charge on any atom is 0.309 e. The molecule has 0 saturated heterocycles. The van der Waals surface area contributed by atoms with Crippen LogP contribution in [0.4, 0.5) is 0 Å². The molecule has 98 valence electrons. The van der Waals surface area contributed by atoms with Crippen molar-refractivity contribution in [2.24, 2.45) is 5.41 Å². The number of fused-ring (bicyclic) bond motifs is 1. The van der Waals surface area contributed by atoms with E-state index >= 15 is 0 Å². The van der Waals surface area contributed by atoms with Gasteiger partial charge in [0.25, 0.3) is 0 Å². The molecule has 4 nitrogen and oxygen atoms in total. The Bertz CT molecular complexity index is 477. The Labute approximate surface area is 107 Å². The molecule has 1 aliphatic heterocycles. The van der Waals surface area contributed by atoms with Crippen LogP contribution >= 0.6 is 0 Å². The van der Waals surface area contributed by atoms with Crippen molar-refractivity contribution in [3.63, 3.8) is 0 Å². The Morgan fingerprint density at radius 3 is 2.78 bits per heavy atom. The van der Waals surface area contributed by atoms with E-state index in [1.54, 1.807) is 21.0 Å². The number of ether oxygens (including phenoxy) is 2. The van der Waals surface area contributed by atoms with Crippen molar-refractivity contribution in [3.8, 4) is 5.75 Å². The van der Waals surface area contributed by atoms with Crippen molar-refractivity contribution in [3.05, 3.63) is 28.8 Å². The van der Waals surface area contributed by atoms with Gasteiger partial charge >= 0.3 is 5.97 Å². The largest absolute Gasteiger partial charge is 0.496 e. The molecular formula is C14H18O4. The molecule has 0 fully saturated rings. The molecule has 0 amide bonds. The van der Waals surface area contributed by atoms with E-state index in [1.165, 1.54) is 0 Å². The lowest BCUT2D eigenvalue weighted by Gasteiger charge is -2.22. The van der Waals surface area contributed by atoms with Crippen LogP contribution in [0.2, 0.25) is 0 Å². The first-order valence-electron chi connectivity index (χ1n) is 5.94. The second kappa shape index (κ2) is 4.61. The zero-order valence-electron chi connectivity index (χ0n) is 10.9. The molecule has 18 heavy (non-hydrogen) atoms. The predicted octanol–water partition coefficient (Wildman–Crippen LogP) is 2.38. The zero-order valence-corrected chi connectivity index (χ0v) is 10.9. The summed E-state index contributed by atoms with van der Waals surface area (Å²) in [6, 6.07) is 3.87. The second-order valence-corrected chi connectivity index (χ2v) is 5.24. The van der Waals surface area contributed by atoms with E-state index in [1.807, 2.05) is 12.1 Å². The Hall–Kier alpha value is -1.55. The molecule has 0 bridgehead atoms. The average Bonchev–Trinajstić information content (AvgIpc) is 2.77. The summed E-state index contributed by atoms with van der Waals surface area (Å²) in [5.74, 6) is -0.0605. The predicted molar refractivity (Wildman–Crippen MR) is 66.6 cm³/mol. The van der Waals surface area contributed by atoms with E-state index in [2.05, 4.69) is 0 Å². The van der Waals surface area contributed by atoms with Crippen molar-refractivity contribution in [1.29, 1.82) is 0 Å². The number of benzene rings is 1. The summed E-state index contributed by atoms with van der Waals surface area (Å²) >= 11 is 0. The highest BCUT2D eigenvalue weighted by atomic mass is 16.5. The molecule has 0 unspecified atom stereocenters. The SMILES string of the molecule is COc1ccc2c(c1CC(C)(C)C(=O)O)COC2. The third kappa shape index (κ3) is 2.20. The third-order valence-corrected chi connectivity index (χ3v) is 3.41. The number of rotatable bonds is 4. The molecule has 4 heteroatoms. The number of aliphatic carboxylic acids is 1. The lowest BCUT2D eigenvalue weighted by Crippen LogP contribution is -2.27. The van der Waals surface area contributed by atoms with Crippen LogP contribution in [-0.4, -0.2) is 18.2 Å². The first-order chi connectivity index (χ1) is 8.45. The first-order valence-corrected chi connectivity index (χ1v) is 5.94. The number of carboxylic acids is 1. The van der Waals surface area contributed by atoms with E-state index < -0.39 is 11.4 Å². The fourth-order valence-electron chi connectivity index (χ4n) is 2.20. The molecule has 1 N–H and O–H groups in total. The summed E-state index contributed by atoms with van der Waals surface area (Å²) in [4.78, 5) is 11.3. The van der Waals surface area contributed by atoms with Crippen LogP contribution in [0.15, 0.2) is 12.1 Å². The number of carboxylic acid groups (broad SMARTS) is 1. The van der Waals surface area contributed by atoms with Crippen molar-refractivity contribution in [2.75, 3.05) is 7.11 Å². The van der Waals surface area contributed by atoms with Gasteiger partial charge in [0.15, 0.2) is 0 Å². The molecule has 0 aliphatic carbocycles. The van der Waals surface area contributed by atoms with Gasteiger partial charge in [0.1, 0.15) is 5.75 Å². The van der Waals surface area contributed by atoms with Gasteiger partial charge in [-0.3, -0.25) is 4.79 Å². The molecular weight excluding hydrogens is 232 g/mol. The van der Waals surface area contributed by atoms with E-state index in [4.69, 9.17) is 9.47 Å². The highest BCUT2D eigenvalue weighted by molar-refractivity contribution is 5.74. The summed E-state index contributed by atoms with van der Waals surface area (Å²) in [5, 5.41) is 9.24. The van der Waals surface area contributed by atoms with Gasteiger partial charge < -0.3 is 14.6 Å². The Kier molecular flexibility index (Phi) is 3.30. The summed E-state index contributed by atoms with van der Waals surface area (Å²) in [7, 11) is 1.61. The summed E-state index contributed by atoms with van der Waals surface area (Å²) in [6.07, 6.45) is 0.442. The molecule has 1 heterocycles. The zero-order chi connectivity index (χ0) is 13.3. The topological polar surface area (TPSA) is 55.8 Å². The van der Waals surface area contributed by atoms with Crippen LogP contribution in [0.5, 0.6) is 5.75 Å². The number of methoxy groups -OCH3 is 1. The van der Waals surface area contributed by atoms with Crippen LogP contribution in [0.1, 0.15) is 30.5 Å². The normalized spacial score (nSPS) is 14.4. The standard InChI is InChI=1S/C14H18O4/c1-14(2,13(15)16)6-10-11-8-18-7-9(11)4-5-12(10)17-3/h4-5H,6-8H2,1-3H3,(H,15,16). The maximum atomic E-state index is 11.3. The van der Waals surface area contributed by atoms with Gasteiger partial charge in [-0.05, 0) is 37.5 Å². The highest BCUT2D eigenvalue weighted by Gasteiger charge is 2.31. The van der Waals surface area contributed by atoms with Crippen LogP contribution in [0, 0.1) is 5.41 Å². The fourth-order valence-corrected chi connectivity index (χ4v) is 2.20. The van der Waals surface area contributed by atoms with Crippen molar-refractivity contribution >= 4 is 5.97 Å². The molecule has 0 aromatic heterocycles. The van der Waals surface area contributed by atoms with Crippen molar-refractivity contribution < 1.29 is 19.4 Å². The molecule has 0 saturated carbocycles. The molecule has 1 aromatic rings. The molecule has 0 spiro atoms. The molecule has 0 atom stereocenters. The fraction of sp³-hybridized carbons (Fsp3) is 0.500. The average molecular weight is 250 g/mol. The monoisotopic (exact) mass is 250 g/mol. The van der Waals surface area contributed by atoms with E-state index in [9.17, 15) is 9.90 Å². The Balaban J connectivity index is 2.43. The quantitative estimate of drug-likeness (QED) is 0.891. The highest BCUT2D eigenvalue weighted by Crippen LogP contribution is 2.35. The van der Waals surface area contributed by atoms with Crippen molar-refractivity contribution in [1.82, 2.24) is 0 Å². The summed E-state index contributed by atoms with van der Waals surface area (Å²) in [5.41, 5.74) is 2.36. The van der Waals surface area contributed by atoms with Gasteiger partial charge in [-0.15, -0.1) is 0 Å². The minimum atomic E-state index is -0.814. The minimum absolute atomic E-state index is 0.442. The van der Waals surface area contributed by atoms with E-state index in [0.717, 1.165) is 22.4 Å². The molecule has 1 aliphatic rings. The molecule has 1 aromatic carbocycles. The minimum Gasteiger partial charge on any atom is -0.496 e. The first kappa shape index (κ1) is 12.9. The summed E-state index contributed by atoms with van der Waals surface area (Å²) in [6.45, 7) is 4.59. The van der Waals surface area contributed by atoms with E-state index in [-0.39, 0.29) is 0 Å². The van der Waals surface area contributed by atoms with Gasteiger partial charge in [0.05, 0.1) is 25.7 Å². The molecule has 0 radical (unpaired) electrons. The smallest absolute Gasteiger partial charge is 0.309 e. The number of hydrogen-bond donors (Lipinski definition) is 1. The third-order valence-electron chi connectivity index (χ3n) is 3.41. The maximum absolute atomic E-state index is 11.3. The van der Waals surface area contributed by atoms with Gasteiger partial charge in [-0.1, -0.05) is 6.07 Å². The van der Waals surface area contributed by atoms with Gasteiger partial charge in [-0.25, -0.2) is 0 Å².